The fourth-order valence-electron chi connectivity index (χ4n) is 2.44. The van der Waals surface area contributed by atoms with Crippen LogP contribution in [0.3, 0.4) is 0 Å². The molecule has 6 heteroatoms. The molecular formula is C17H28N2O3S. The maximum Gasteiger partial charge on any atom is 0.252 e. The predicted octanol–water partition coefficient (Wildman–Crippen LogP) is 2.33. The van der Waals surface area contributed by atoms with Gasteiger partial charge in [-0.1, -0.05) is 32.9 Å². The van der Waals surface area contributed by atoms with Crippen molar-refractivity contribution in [2.45, 2.75) is 38.5 Å². The molecule has 0 atom stereocenters. The van der Waals surface area contributed by atoms with Crippen LogP contribution in [0.2, 0.25) is 0 Å². The lowest BCUT2D eigenvalue weighted by atomic mass is 10.2. The third-order valence-corrected chi connectivity index (χ3v) is 5.74. The van der Waals surface area contributed by atoms with Crippen molar-refractivity contribution in [3.05, 3.63) is 29.8 Å². The molecule has 0 radical (unpaired) electrons. The summed E-state index contributed by atoms with van der Waals surface area (Å²) in [5, 5.41) is 2.83. The van der Waals surface area contributed by atoms with E-state index in [1.54, 1.807) is 18.2 Å². The Kier molecular flexibility index (Phi) is 8.26. The Balaban J connectivity index is 2.71. The lowest BCUT2D eigenvalue weighted by Gasteiger charge is -2.17. The highest BCUT2D eigenvalue weighted by atomic mass is 32.2. The van der Waals surface area contributed by atoms with Crippen LogP contribution in [0.15, 0.2) is 29.2 Å². The average molecular weight is 340 g/mol. The van der Waals surface area contributed by atoms with Crippen LogP contribution in [0.4, 0.5) is 0 Å². The number of nitrogens with zero attached hydrogens (tertiary/aromatic N) is 1. The highest BCUT2D eigenvalue weighted by molar-refractivity contribution is 7.91. The average Bonchev–Trinajstić information content (AvgIpc) is 2.55. The summed E-state index contributed by atoms with van der Waals surface area (Å²) in [5.74, 6) is -0.265. The first-order valence-electron chi connectivity index (χ1n) is 8.28. The highest BCUT2D eigenvalue weighted by Gasteiger charge is 2.21. The van der Waals surface area contributed by atoms with Crippen molar-refractivity contribution in [3.63, 3.8) is 0 Å². The molecule has 0 heterocycles. The predicted molar refractivity (Wildman–Crippen MR) is 93.5 cm³/mol. The smallest absolute Gasteiger partial charge is 0.252 e. The van der Waals surface area contributed by atoms with Gasteiger partial charge < -0.3 is 10.2 Å². The molecule has 0 bridgehead atoms. The minimum absolute atomic E-state index is 0.0548. The van der Waals surface area contributed by atoms with Crippen molar-refractivity contribution in [3.8, 4) is 0 Å². The molecule has 0 saturated heterocycles. The molecule has 1 N–H and O–H groups in total. The fourth-order valence-corrected chi connectivity index (χ4v) is 3.98. The molecule has 0 aliphatic carbocycles. The van der Waals surface area contributed by atoms with E-state index in [-0.39, 0.29) is 22.1 Å². The first kappa shape index (κ1) is 19.6. The molecule has 1 aromatic carbocycles. The molecule has 0 unspecified atom stereocenters. The monoisotopic (exact) mass is 340 g/mol. The fraction of sp³-hybridized carbons (Fsp3) is 0.588. The number of nitrogens with one attached hydrogen (secondary N) is 1. The number of hydrogen-bond acceptors (Lipinski definition) is 4. The van der Waals surface area contributed by atoms with Gasteiger partial charge in [-0.25, -0.2) is 8.42 Å². The molecule has 0 fully saturated rings. The zero-order valence-corrected chi connectivity index (χ0v) is 15.2. The summed E-state index contributed by atoms with van der Waals surface area (Å²) in [7, 11) is -3.41. The summed E-state index contributed by atoms with van der Waals surface area (Å²) >= 11 is 0. The van der Waals surface area contributed by atoms with Crippen LogP contribution in [0, 0.1) is 0 Å². The highest BCUT2D eigenvalue weighted by Crippen LogP contribution is 2.17. The van der Waals surface area contributed by atoms with E-state index >= 15 is 0 Å². The molecule has 0 saturated carbocycles. The number of carbonyl (C=O) groups excluding carboxylic acids is 1. The Hall–Kier alpha value is -1.40. The number of benzene rings is 1. The van der Waals surface area contributed by atoms with E-state index in [2.05, 4.69) is 24.1 Å². The topological polar surface area (TPSA) is 66.5 Å². The van der Waals surface area contributed by atoms with Gasteiger partial charge in [0.05, 0.1) is 16.2 Å². The van der Waals surface area contributed by atoms with Crippen molar-refractivity contribution in [2.75, 3.05) is 31.9 Å². The first-order valence-corrected chi connectivity index (χ1v) is 9.93. The summed E-state index contributed by atoms with van der Waals surface area (Å²) < 4.78 is 24.5. The van der Waals surface area contributed by atoms with E-state index in [1.165, 1.54) is 6.07 Å². The lowest BCUT2D eigenvalue weighted by Crippen LogP contribution is -2.30. The quantitative estimate of drug-likeness (QED) is 0.664. The van der Waals surface area contributed by atoms with E-state index in [1.807, 2.05) is 6.92 Å². The van der Waals surface area contributed by atoms with Gasteiger partial charge in [0, 0.05) is 6.54 Å². The second-order valence-electron chi connectivity index (χ2n) is 5.45. The van der Waals surface area contributed by atoms with Crippen LogP contribution in [-0.2, 0) is 9.84 Å². The van der Waals surface area contributed by atoms with Gasteiger partial charge in [-0.15, -0.1) is 0 Å². The normalized spacial score (nSPS) is 11.7. The van der Waals surface area contributed by atoms with Gasteiger partial charge in [-0.05, 0) is 44.6 Å². The van der Waals surface area contributed by atoms with Crippen LogP contribution < -0.4 is 5.32 Å². The van der Waals surface area contributed by atoms with Crippen molar-refractivity contribution >= 4 is 15.7 Å². The molecule has 1 aromatic rings. The zero-order chi connectivity index (χ0) is 17.3. The second kappa shape index (κ2) is 9.67. The summed E-state index contributed by atoms with van der Waals surface area (Å²) in [6, 6.07) is 6.42. The van der Waals surface area contributed by atoms with E-state index in [0.717, 1.165) is 26.1 Å². The summed E-state index contributed by atoms with van der Waals surface area (Å²) in [6.45, 7) is 9.47. The van der Waals surface area contributed by atoms with Crippen molar-refractivity contribution < 1.29 is 13.2 Å². The summed E-state index contributed by atoms with van der Waals surface area (Å²) in [5.41, 5.74) is 0.240. The molecule has 23 heavy (non-hydrogen) atoms. The molecular weight excluding hydrogens is 312 g/mol. The Labute approximate surface area is 140 Å². The second-order valence-corrected chi connectivity index (χ2v) is 7.53. The zero-order valence-electron chi connectivity index (χ0n) is 14.3. The van der Waals surface area contributed by atoms with E-state index in [0.29, 0.717) is 13.0 Å². The molecule has 1 rings (SSSR count). The van der Waals surface area contributed by atoms with Crippen LogP contribution in [0.25, 0.3) is 0 Å². The van der Waals surface area contributed by atoms with Crippen molar-refractivity contribution in [1.29, 1.82) is 0 Å². The minimum Gasteiger partial charge on any atom is -0.352 e. The van der Waals surface area contributed by atoms with Crippen LogP contribution in [0.1, 0.15) is 44.0 Å². The molecule has 1 amide bonds. The van der Waals surface area contributed by atoms with Gasteiger partial charge >= 0.3 is 0 Å². The summed E-state index contributed by atoms with van der Waals surface area (Å²) in [6.07, 6.45) is 1.37. The molecule has 0 aliphatic heterocycles. The third kappa shape index (κ3) is 5.95. The van der Waals surface area contributed by atoms with Crippen molar-refractivity contribution in [2.24, 2.45) is 0 Å². The number of rotatable bonds is 10. The van der Waals surface area contributed by atoms with Gasteiger partial charge in [0.15, 0.2) is 9.84 Å². The minimum atomic E-state index is -3.41. The Bertz CT molecular complexity index is 596. The van der Waals surface area contributed by atoms with Gasteiger partial charge in [-0.3, -0.25) is 4.79 Å². The molecule has 0 aliphatic rings. The SMILES string of the molecule is CCCS(=O)(=O)c1ccccc1C(=O)NCCCN(CC)CC. The Morgan fingerprint density at radius 1 is 1.13 bits per heavy atom. The molecule has 0 spiro atoms. The first-order chi connectivity index (χ1) is 11.0. The lowest BCUT2D eigenvalue weighted by molar-refractivity contribution is 0.0948. The third-order valence-electron chi connectivity index (χ3n) is 3.77. The Morgan fingerprint density at radius 2 is 1.78 bits per heavy atom. The molecule has 0 aromatic heterocycles. The van der Waals surface area contributed by atoms with Crippen LogP contribution >= 0.6 is 0 Å². The molecule has 130 valence electrons. The number of carbonyl (C=O) groups is 1. The maximum absolute atomic E-state index is 12.3. The maximum atomic E-state index is 12.3. The number of hydrogen-bond donors (Lipinski definition) is 1. The number of sulfone groups is 1. The number of amides is 1. The van der Waals surface area contributed by atoms with E-state index in [4.69, 9.17) is 0 Å². The summed E-state index contributed by atoms with van der Waals surface area (Å²) in [4.78, 5) is 14.7. The van der Waals surface area contributed by atoms with Gasteiger partial charge in [-0.2, -0.15) is 0 Å². The van der Waals surface area contributed by atoms with E-state index < -0.39 is 9.84 Å². The van der Waals surface area contributed by atoms with Gasteiger partial charge in [0.1, 0.15) is 0 Å². The van der Waals surface area contributed by atoms with Crippen molar-refractivity contribution in [1.82, 2.24) is 10.2 Å². The standard InChI is InChI=1S/C17H28N2O3S/c1-4-14-23(21,22)16-11-8-7-10-15(16)17(20)18-12-9-13-19(5-2)6-3/h7-8,10-11H,4-6,9,12-14H2,1-3H3,(H,18,20). The molecule has 5 nitrogen and oxygen atoms in total. The largest absolute Gasteiger partial charge is 0.352 e. The van der Waals surface area contributed by atoms with Crippen LogP contribution in [0.5, 0.6) is 0 Å². The van der Waals surface area contributed by atoms with Gasteiger partial charge in [0.2, 0.25) is 0 Å². The Morgan fingerprint density at radius 3 is 2.39 bits per heavy atom. The van der Waals surface area contributed by atoms with Gasteiger partial charge in [0.25, 0.3) is 5.91 Å². The van der Waals surface area contributed by atoms with E-state index in [9.17, 15) is 13.2 Å². The van der Waals surface area contributed by atoms with Crippen LogP contribution in [-0.4, -0.2) is 51.2 Å².